The number of rotatable bonds is 11. The average molecular weight is 892 g/mol. The fourth-order valence-corrected chi connectivity index (χ4v) is 13.8. The summed E-state index contributed by atoms with van der Waals surface area (Å²) in [7, 11) is 1.27. The maximum Gasteiger partial charge on any atom is 0.519 e. The normalized spacial score (nSPS) is 35.0. The van der Waals surface area contributed by atoms with E-state index in [1.54, 1.807) is 6.92 Å². The number of amides is 1. The van der Waals surface area contributed by atoms with Gasteiger partial charge in [-0.05, 0) is 129 Å². The maximum atomic E-state index is 15.3. The largest absolute Gasteiger partial charge is 0.519 e. The second kappa shape index (κ2) is 16.9. The Labute approximate surface area is 381 Å². The number of allylic oxidation sites excluding steroid dienone is 2. The van der Waals surface area contributed by atoms with Gasteiger partial charge in [0.05, 0.1) is 24.4 Å². The van der Waals surface area contributed by atoms with Crippen molar-refractivity contribution in [2.45, 2.75) is 138 Å². The number of carbonyl (C=O) groups is 5. The Kier molecular flexibility index (Phi) is 12.0. The first-order chi connectivity index (χ1) is 30.7. The highest BCUT2D eigenvalue weighted by atomic mass is 16.6. The number of methoxy groups -OCH3 is 1. The Morgan fingerprint density at radius 2 is 1.43 bits per heavy atom. The lowest BCUT2D eigenvalue weighted by molar-refractivity contribution is -0.205. The summed E-state index contributed by atoms with van der Waals surface area (Å²) >= 11 is 0. The van der Waals surface area contributed by atoms with Crippen LogP contribution in [-0.4, -0.2) is 42.7 Å². The van der Waals surface area contributed by atoms with Crippen LogP contribution in [0, 0.1) is 57.2 Å². The van der Waals surface area contributed by atoms with E-state index in [-0.39, 0.29) is 65.4 Å². The molecule has 4 saturated carbocycles. The molecule has 3 aromatic rings. The van der Waals surface area contributed by atoms with E-state index in [1.165, 1.54) is 7.11 Å². The van der Waals surface area contributed by atoms with Crippen LogP contribution < -0.4 is 11.1 Å². The van der Waals surface area contributed by atoms with Crippen LogP contribution in [0.2, 0.25) is 0 Å². The fourth-order valence-electron chi connectivity index (χ4n) is 13.8. The lowest BCUT2D eigenvalue weighted by atomic mass is 9.33. The van der Waals surface area contributed by atoms with E-state index in [9.17, 15) is 24.0 Å². The van der Waals surface area contributed by atoms with Gasteiger partial charge in [-0.3, -0.25) is 24.0 Å². The summed E-state index contributed by atoms with van der Waals surface area (Å²) in [6.07, 6.45) is 7.31. The molecule has 8 rings (SSSR count). The molecule has 10 atom stereocenters. The van der Waals surface area contributed by atoms with Gasteiger partial charge in [-0.15, -0.1) is 0 Å². The van der Waals surface area contributed by atoms with Gasteiger partial charge < -0.3 is 28.4 Å². The Bertz CT molecular complexity index is 2400. The van der Waals surface area contributed by atoms with Gasteiger partial charge in [0.1, 0.15) is 0 Å². The Morgan fingerprint density at radius 1 is 0.785 bits per heavy atom. The molecule has 0 radical (unpaired) electrons. The number of hydrogen-bond acceptors (Lipinski definition) is 11. The van der Waals surface area contributed by atoms with Crippen LogP contribution in [0.25, 0.3) is 0 Å². The molecule has 0 aliphatic heterocycles. The standard InChI is InChI=1S/C53H65NO11/c1-32-38(64-47(60)63-32)31-62-46(59)53(7)39-21-24-52(6)44(50(39,4)23-22-40(53)54-41(56)19-20-42(57)61-8)37(55)29-35-36-30-49(3,26-25-48(36,2)27-28-51(35,52)5)45(58)65-43(33-15-11-9-12-16-33)34-17-13-10-14-18-34/h9-18,29,36,39-40,43-44H,19-28,30-31H2,1-8H3,(H,54,56)/t36-,39+,40-,44+,48+,49-,50-,51+,52+,53-/m0/s1. The minimum absolute atomic E-state index is 0.0192. The van der Waals surface area contributed by atoms with Crippen molar-refractivity contribution in [3.05, 3.63) is 106 Å². The Balaban J connectivity index is 1.11. The van der Waals surface area contributed by atoms with Crippen LogP contribution in [0.4, 0.5) is 0 Å². The third kappa shape index (κ3) is 7.70. The number of ether oxygens (including phenoxy) is 3. The molecular weight excluding hydrogens is 827 g/mol. The molecule has 1 heterocycles. The summed E-state index contributed by atoms with van der Waals surface area (Å²) in [6, 6.07) is 19.1. The summed E-state index contributed by atoms with van der Waals surface area (Å²) in [5.74, 6) is -3.11. The quantitative estimate of drug-likeness (QED) is 0.144. The zero-order valence-electron chi connectivity index (χ0n) is 39.2. The minimum atomic E-state index is -1.30. The van der Waals surface area contributed by atoms with Crippen molar-refractivity contribution < 1.29 is 47.0 Å². The zero-order valence-corrected chi connectivity index (χ0v) is 39.2. The number of hydrogen-bond donors (Lipinski definition) is 1. The fraction of sp³-hybridized carbons (Fsp3) is 0.585. The lowest BCUT2D eigenvalue weighted by Crippen LogP contribution is -2.69. The molecule has 12 nitrogen and oxygen atoms in total. The molecule has 12 heteroatoms. The predicted octanol–water partition coefficient (Wildman–Crippen LogP) is 9.32. The third-order valence-electron chi connectivity index (χ3n) is 17.9. The summed E-state index contributed by atoms with van der Waals surface area (Å²) in [6.45, 7) is 14.2. The Morgan fingerprint density at radius 3 is 2.05 bits per heavy atom. The smallest absolute Gasteiger partial charge is 0.469 e. The number of aryl methyl sites for hydroxylation is 1. The van der Waals surface area contributed by atoms with Crippen molar-refractivity contribution in [2.24, 2.45) is 50.2 Å². The monoisotopic (exact) mass is 891 g/mol. The maximum absolute atomic E-state index is 15.3. The van der Waals surface area contributed by atoms with Crippen LogP contribution in [0.1, 0.15) is 141 Å². The molecule has 5 aliphatic carbocycles. The molecule has 5 aliphatic rings. The molecule has 1 N–H and O–H groups in total. The van der Waals surface area contributed by atoms with Gasteiger partial charge in [0.2, 0.25) is 5.91 Å². The molecule has 0 spiro atoms. The molecule has 4 fully saturated rings. The van der Waals surface area contributed by atoms with Crippen LogP contribution in [-0.2, 0) is 44.8 Å². The van der Waals surface area contributed by atoms with Gasteiger partial charge in [0.25, 0.3) is 0 Å². The van der Waals surface area contributed by atoms with Gasteiger partial charge in [-0.2, -0.15) is 0 Å². The topological polar surface area (TPSA) is 168 Å². The van der Waals surface area contributed by atoms with Crippen LogP contribution in [0.5, 0.6) is 0 Å². The van der Waals surface area contributed by atoms with E-state index in [2.05, 4.69) is 33.0 Å². The number of carbonyl (C=O) groups excluding carboxylic acids is 5. The van der Waals surface area contributed by atoms with Crippen molar-refractivity contribution in [2.75, 3.05) is 7.11 Å². The van der Waals surface area contributed by atoms with Crippen molar-refractivity contribution in [1.82, 2.24) is 5.32 Å². The van der Waals surface area contributed by atoms with E-state index in [0.717, 1.165) is 36.0 Å². The zero-order chi connectivity index (χ0) is 46.7. The van der Waals surface area contributed by atoms with Crippen LogP contribution >= 0.6 is 0 Å². The summed E-state index contributed by atoms with van der Waals surface area (Å²) < 4.78 is 27.5. The predicted molar refractivity (Wildman–Crippen MR) is 240 cm³/mol. The average Bonchev–Trinajstić information content (AvgIpc) is 3.62. The third-order valence-corrected chi connectivity index (χ3v) is 17.9. The van der Waals surface area contributed by atoms with Gasteiger partial charge in [-0.1, -0.05) is 93.9 Å². The first-order valence-corrected chi connectivity index (χ1v) is 23.4. The number of fused-ring (bicyclic) bond motifs is 7. The highest BCUT2D eigenvalue weighted by molar-refractivity contribution is 5.96. The van der Waals surface area contributed by atoms with Crippen molar-refractivity contribution in [1.29, 1.82) is 0 Å². The molecule has 1 amide bonds. The molecule has 0 bridgehead atoms. The molecule has 348 valence electrons. The number of esters is 3. The first kappa shape index (κ1) is 46.3. The molecule has 2 aromatic carbocycles. The van der Waals surface area contributed by atoms with Crippen molar-refractivity contribution in [3.63, 3.8) is 0 Å². The highest BCUT2D eigenvalue weighted by Crippen LogP contribution is 2.75. The number of nitrogens with one attached hydrogen (secondary N) is 1. The summed E-state index contributed by atoms with van der Waals surface area (Å²) in [5.41, 5.74) is -0.771. The van der Waals surface area contributed by atoms with Crippen LogP contribution in [0.15, 0.2) is 85.9 Å². The molecule has 0 unspecified atom stereocenters. The minimum Gasteiger partial charge on any atom is -0.469 e. The van der Waals surface area contributed by atoms with E-state index < -0.39 is 63.4 Å². The van der Waals surface area contributed by atoms with Crippen molar-refractivity contribution >= 4 is 29.6 Å². The first-order valence-electron chi connectivity index (χ1n) is 23.4. The van der Waals surface area contributed by atoms with E-state index in [4.69, 9.17) is 23.0 Å². The SMILES string of the molecule is COC(=O)CCC(=O)N[C@H]1CC[C@@]2(C)[C@@H](CC[C@]3(C)[C@@H]2C(=O)C=C2[C@@H]4C[C@@](C)(C(=O)OC(c5ccccc5)c5ccccc5)CC[C@]4(C)CC[C@]23C)[C@]1(C)C(=O)OCc1oc(=O)oc1C. The van der Waals surface area contributed by atoms with E-state index in [1.807, 2.05) is 80.6 Å². The lowest BCUT2D eigenvalue weighted by Gasteiger charge is -2.70. The summed E-state index contributed by atoms with van der Waals surface area (Å²) in [5, 5.41) is 3.09. The van der Waals surface area contributed by atoms with Gasteiger partial charge >= 0.3 is 23.7 Å². The molecule has 65 heavy (non-hydrogen) atoms. The number of benzene rings is 2. The summed E-state index contributed by atoms with van der Waals surface area (Å²) in [4.78, 5) is 82.0. The van der Waals surface area contributed by atoms with Gasteiger partial charge in [-0.25, -0.2) is 4.79 Å². The molecular formula is C53H65NO11. The Hall–Kier alpha value is -5.26. The number of ketones is 1. The van der Waals surface area contributed by atoms with Gasteiger partial charge in [0, 0.05) is 18.4 Å². The molecule has 0 saturated heterocycles. The van der Waals surface area contributed by atoms with E-state index in [0.29, 0.717) is 38.5 Å². The van der Waals surface area contributed by atoms with Crippen molar-refractivity contribution in [3.8, 4) is 0 Å². The van der Waals surface area contributed by atoms with Gasteiger partial charge in [0.15, 0.2) is 30.0 Å². The van der Waals surface area contributed by atoms with Crippen LogP contribution in [0.3, 0.4) is 0 Å². The second-order valence-electron chi connectivity index (χ2n) is 21.4. The highest BCUT2D eigenvalue weighted by Gasteiger charge is 2.72. The molecule has 1 aromatic heterocycles. The second-order valence-corrected chi connectivity index (χ2v) is 21.4. The van der Waals surface area contributed by atoms with E-state index >= 15 is 4.79 Å².